The number of carbonyl (C=O) groups excluding carboxylic acids is 1. The van der Waals surface area contributed by atoms with Crippen LogP contribution in [0.25, 0.3) is 22.0 Å². The lowest BCUT2D eigenvalue weighted by molar-refractivity contribution is -0.133. The minimum absolute atomic E-state index is 0.0462. The summed E-state index contributed by atoms with van der Waals surface area (Å²) >= 11 is 0. The van der Waals surface area contributed by atoms with E-state index in [1.54, 1.807) is 29.2 Å². The number of aromatic nitrogens is 3. The summed E-state index contributed by atoms with van der Waals surface area (Å²) in [5, 5.41) is 0.573. The number of amides is 1. The molecule has 0 unspecified atom stereocenters. The molecule has 1 saturated heterocycles. The third kappa shape index (κ3) is 3.75. The van der Waals surface area contributed by atoms with Crippen LogP contribution in [0.2, 0.25) is 0 Å². The third-order valence-corrected chi connectivity index (χ3v) is 5.63. The smallest absolute Gasteiger partial charge is 0.408 e. The van der Waals surface area contributed by atoms with Crippen molar-refractivity contribution >= 4 is 27.9 Å². The molecule has 0 saturated carbocycles. The average Bonchev–Trinajstić information content (AvgIpc) is 3.09. The first-order chi connectivity index (χ1) is 15.1. The van der Waals surface area contributed by atoms with Gasteiger partial charge in [-0.15, -0.1) is 0 Å². The van der Waals surface area contributed by atoms with E-state index in [2.05, 4.69) is 14.9 Å². The zero-order chi connectivity index (χ0) is 21.4. The number of aromatic amines is 1. The molecular weight excluding hydrogens is 398 g/mol. The van der Waals surface area contributed by atoms with E-state index >= 15 is 0 Å². The molecule has 0 radical (unpaired) electrons. The molecule has 3 heterocycles. The summed E-state index contributed by atoms with van der Waals surface area (Å²) in [6, 6.07) is 14.3. The minimum Gasteiger partial charge on any atom is -0.408 e. The molecule has 0 spiro atoms. The second kappa shape index (κ2) is 7.84. The summed E-state index contributed by atoms with van der Waals surface area (Å²) < 4.78 is 6.57. The van der Waals surface area contributed by atoms with Crippen LogP contribution in [0.4, 0.5) is 0 Å². The number of nitrogens with one attached hydrogen (secondary N) is 1. The maximum atomic E-state index is 12.8. The predicted octanol–water partition coefficient (Wildman–Crippen LogP) is 1.18. The number of benzene rings is 2. The zero-order valence-electron chi connectivity index (χ0n) is 16.8. The van der Waals surface area contributed by atoms with Crippen LogP contribution in [0.1, 0.15) is 5.82 Å². The Morgan fingerprint density at radius 2 is 1.74 bits per heavy atom. The summed E-state index contributed by atoms with van der Waals surface area (Å²) in [6.07, 6.45) is 0. The van der Waals surface area contributed by atoms with Crippen molar-refractivity contribution in [2.24, 2.45) is 0 Å². The molecule has 2 aromatic heterocycles. The molecule has 158 valence electrons. The van der Waals surface area contributed by atoms with E-state index in [0.29, 0.717) is 60.6 Å². The Balaban J connectivity index is 1.23. The standard InChI is InChI=1S/C22H21N5O4/c28-20(14-27-17-7-3-4-8-18(17)31-22(27)30)26-11-9-25(10-12-26)13-19-23-16-6-2-1-5-15(16)21(29)24-19/h1-8H,9-14H2,(H,23,24,29). The Morgan fingerprint density at radius 3 is 2.58 bits per heavy atom. The Hall–Kier alpha value is -3.72. The second-order valence-electron chi connectivity index (χ2n) is 7.61. The van der Waals surface area contributed by atoms with Crippen molar-refractivity contribution in [1.29, 1.82) is 0 Å². The molecular formula is C22H21N5O4. The van der Waals surface area contributed by atoms with Crippen molar-refractivity contribution in [3.8, 4) is 0 Å². The van der Waals surface area contributed by atoms with Gasteiger partial charge in [-0.1, -0.05) is 24.3 Å². The van der Waals surface area contributed by atoms with Gasteiger partial charge in [-0.2, -0.15) is 0 Å². The van der Waals surface area contributed by atoms with Crippen LogP contribution in [-0.4, -0.2) is 56.4 Å². The van der Waals surface area contributed by atoms with Gasteiger partial charge in [-0.25, -0.2) is 9.78 Å². The van der Waals surface area contributed by atoms with Crippen molar-refractivity contribution in [2.75, 3.05) is 26.2 Å². The number of hydrogen-bond acceptors (Lipinski definition) is 6. The van der Waals surface area contributed by atoms with Crippen molar-refractivity contribution in [1.82, 2.24) is 24.3 Å². The number of fused-ring (bicyclic) bond motifs is 2. The number of piperazine rings is 1. The maximum absolute atomic E-state index is 12.8. The molecule has 9 heteroatoms. The fourth-order valence-corrected chi connectivity index (χ4v) is 3.98. The van der Waals surface area contributed by atoms with Gasteiger partial charge in [0.2, 0.25) is 5.91 Å². The van der Waals surface area contributed by atoms with E-state index in [-0.39, 0.29) is 18.0 Å². The molecule has 1 amide bonds. The Kier molecular flexibility index (Phi) is 4.87. The molecule has 2 aromatic carbocycles. The third-order valence-electron chi connectivity index (χ3n) is 5.63. The predicted molar refractivity (Wildman–Crippen MR) is 115 cm³/mol. The van der Waals surface area contributed by atoms with Crippen LogP contribution in [-0.2, 0) is 17.9 Å². The molecule has 4 aromatic rings. The van der Waals surface area contributed by atoms with Gasteiger partial charge in [0.25, 0.3) is 5.56 Å². The lowest BCUT2D eigenvalue weighted by Gasteiger charge is -2.34. The molecule has 1 aliphatic heterocycles. The second-order valence-corrected chi connectivity index (χ2v) is 7.61. The van der Waals surface area contributed by atoms with E-state index in [9.17, 15) is 14.4 Å². The fourth-order valence-electron chi connectivity index (χ4n) is 3.98. The summed E-state index contributed by atoms with van der Waals surface area (Å²) in [7, 11) is 0. The van der Waals surface area contributed by atoms with Crippen molar-refractivity contribution in [2.45, 2.75) is 13.1 Å². The zero-order valence-corrected chi connectivity index (χ0v) is 16.8. The molecule has 0 aliphatic carbocycles. The summed E-state index contributed by atoms with van der Waals surface area (Å²) in [5.41, 5.74) is 1.62. The molecule has 0 atom stereocenters. The van der Waals surface area contributed by atoms with Gasteiger partial charge in [-0.3, -0.25) is 19.1 Å². The van der Waals surface area contributed by atoms with Crippen molar-refractivity contribution in [3.05, 3.63) is 75.3 Å². The number of carbonyl (C=O) groups is 1. The lowest BCUT2D eigenvalue weighted by atomic mass is 10.2. The van der Waals surface area contributed by atoms with E-state index in [0.717, 1.165) is 0 Å². The first-order valence-electron chi connectivity index (χ1n) is 10.1. The molecule has 9 nitrogen and oxygen atoms in total. The highest BCUT2D eigenvalue weighted by Gasteiger charge is 2.23. The summed E-state index contributed by atoms with van der Waals surface area (Å²) in [5.74, 6) is -0.0371. The maximum Gasteiger partial charge on any atom is 0.420 e. The Morgan fingerprint density at radius 1 is 1.00 bits per heavy atom. The van der Waals surface area contributed by atoms with Gasteiger partial charge in [0.1, 0.15) is 12.4 Å². The van der Waals surface area contributed by atoms with Crippen molar-refractivity contribution in [3.63, 3.8) is 0 Å². The summed E-state index contributed by atoms with van der Waals surface area (Å²) in [4.78, 5) is 48.4. The number of rotatable bonds is 4. The van der Waals surface area contributed by atoms with E-state index in [1.165, 1.54) is 4.57 Å². The van der Waals surface area contributed by atoms with Crippen LogP contribution in [0.3, 0.4) is 0 Å². The molecule has 1 aliphatic rings. The van der Waals surface area contributed by atoms with E-state index in [1.807, 2.05) is 24.3 Å². The Bertz CT molecular complexity index is 1380. The minimum atomic E-state index is -0.528. The highest BCUT2D eigenvalue weighted by atomic mass is 16.4. The van der Waals surface area contributed by atoms with E-state index < -0.39 is 5.76 Å². The number of oxazole rings is 1. The quantitative estimate of drug-likeness (QED) is 0.533. The van der Waals surface area contributed by atoms with Gasteiger partial charge in [0.15, 0.2) is 5.58 Å². The van der Waals surface area contributed by atoms with Gasteiger partial charge in [0.05, 0.1) is 23.0 Å². The normalized spacial score (nSPS) is 15.0. The van der Waals surface area contributed by atoms with Gasteiger partial charge in [0, 0.05) is 26.2 Å². The number of H-pyrrole nitrogens is 1. The topological polar surface area (TPSA) is 104 Å². The monoisotopic (exact) mass is 419 g/mol. The lowest BCUT2D eigenvalue weighted by Crippen LogP contribution is -2.49. The number of para-hydroxylation sites is 3. The molecule has 1 fully saturated rings. The Labute approximate surface area is 176 Å². The number of hydrogen-bond donors (Lipinski definition) is 1. The highest BCUT2D eigenvalue weighted by molar-refractivity contribution is 5.80. The average molecular weight is 419 g/mol. The van der Waals surface area contributed by atoms with Gasteiger partial charge < -0.3 is 14.3 Å². The van der Waals surface area contributed by atoms with Gasteiger partial charge >= 0.3 is 5.76 Å². The molecule has 31 heavy (non-hydrogen) atoms. The first kappa shape index (κ1) is 19.3. The van der Waals surface area contributed by atoms with E-state index in [4.69, 9.17) is 4.42 Å². The van der Waals surface area contributed by atoms with Gasteiger partial charge in [-0.05, 0) is 24.3 Å². The SMILES string of the molecule is O=C(Cn1c(=O)oc2ccccc21)N1CCN(Cc2nc3ccccc3c(=O)[nH]2)CC1. The van der Waals surface area contributed by atoms with Crippen LogP contribution < -0.4 is 11.3 Å². The first-order valence-corrected chi connectivity index (χ1v) is 10.1. The van der Waals surface area contributed by atoms with Crippen LogP contribution in [0, 0.1) is 0 Å². The van der Waals surface area contributed by atoms with Crippen LogP contribution in [0.5, 0.6) is 0 Å². The van der Waals surface area contributed by atoms with Crippen molar-refractivity contribution < 1.29 is 9.21 Å². The fraction of sp³-hybridized carbons (Fsp3) is 0.273. The highest BCUT2D eigenvalue weighted by Crippen LogP contribution is 2.13. The molecule has 5 rings (SSSR count). The van der Waals surface area contributed by atoms with Crippen LogP contribution >= 0.6 is 0 Å². The van der Waals surface area contributed by atoms with Crippen LogP contribution in [0.15, 0.2) is 62.5 Å². The number of nitrogens with zero attached hydrogens (tertiary/aromatic N) is 4. The molecule has 1 N–H and O–H groups in total. The molecule has 0 bridgehead atoms. The summed E-state index contributed by atoms with van der Waals surface area (Å²) in [6.45, 7) is 2.86. The largest absolute Gasteiger partial charge is 0.420 e.